The van der Waals surface area contributed by atoms with Crippen molar-refractivity contribution in [2.24, 2.45) is 0 Å². The van der Waals surface area contributed by atoms with E-state index in [2.05, 4.69) is 85.8 Å². The van der Waals surface area contributed by atoms with E-state index in [1.165, 1.54) is 21.5 Å². The summed E-state index contributed by atoms with van der Waals surface area (Å²) in [5, 5.41) is 3.89. The van der Waals surface area contributed by atoms with Crippen molar-refractivity contribution in [1.82, 2.24) is 0 Å². The number of rotatable bonds is 3. The quantitative estimate of drug-likeness (QED) is 0.581. The summed E-state index contributed by atoms with van der Waals surface area (Å²) in [5.41, 5.74) is 8.40. The molecular formula is C19H18NP. The molecule has 0 spiro atoms. The Bertz CT molecular complexity index is 684. The van der Waals surface area contributed by atoms with Gasteiger partial charge in [0.1, 0.15) is 0 Å². The van der Waals surface area contributed by atoms with Crippen molar-refractivity contribution in [2.45, 2.75) is 6.92 Å². The highest BCUT2D eigenvalue weighted by molar-refractivity contribution is 7.80. The minimum Gasteiger partial charge on any atom is -0.398 e. The molecule has 0 unspecified atom stereocenters. The van der Waals surface area contributed by atoms with Crippen molar-refractivity contribution in [2.75, 3.05) is 5.73 Å². The molecule has 2 heteroatoms. The molecule has 104 valence electrons. The highest BCUT2D eigenvalue weighted by Gasteiger charge is 2.18. The summed E-state index contributed by atoms with van der Waals surface area (Å²) in [6.45, 7) is 2.08. The molecule has 2 N–H and O–H groups in total. The summed E-state index contributed by atoms with van der Waals surface area (Å²) in [5.74, 6) is 0. The SMILES string of the molecule is Cc1ccc(P(c2ccccc2)c2ccccc2)c(N)c1. The predicted octanol–water partition coefficient (Wildman–Crippen LogP) is 3.34. The lowest BCUT2D eigenvalue weighted by molar-refractivity contribution is 1.49. The van der Waals surface area contributed by atoms with Gasteiger partial charge in [-0.05, 0) is 37.1 Å². The minimum atomic E-state index is -0.604. The monoisotopic (exact) mass is 291 g/mol. The second-order valence-electron chi connectivity index (χ2n) is 5.07. The van der Waals surface area contributed by atoms with Gasteiger partial charge in [0.2, 0.25) is 0 Å². The highest BCUT2D eigenvalue weighted by Crippen LogP contribution is 2.34. The summed E-state index contributed by atoms with van der Waals surface area (Å²) in [6.07, 6.45) is 0. The lowest BCUT2D eigenvalue weighted by Crippen LogP contribution is -2.22. The van der Waals surface area contributed by atoms with Crippen LogP contribution in [0.15, 0.2) is 78.9 Å². The van der Waals surface area contributed by atoms with Crippen LogP contribution in [-0.4, -0.2) is 0 Å². The summed E-state index contributed by atoms with van der Waals surface area (Å²) >= 11 is 0. The molecule has 0 aromatic heterocycles. The first-order valence-electron chi connectivity index (χ1n) is 7.02. The molecule has 0 fully saturated rings. The molecule has 3 aromatic carbocycles. The van der Waals surface area contributed by atoms with Gasteiger partial charge in [-0.3, -0.25) is 0 Å². The van der Waals surface area contributed by atoms with Gasteiger partial charge in [-0.25, -0.2) is 0 Å². The lowest BCUT2D eigenvalue weighted by atomic mass is 10.2. The van der Waals surface area contributed by atoms with Crippen LogP contribution in [0.25, 0.3) is 0 Å². The molecule has 0 atom stereocenters. The summed E-state index contributed by atoms with van der Waals surface area (Å²) in [7, 11) is -0.604. The number of benzene rings is 3. The number of aryl methyl sites for hydroxylation is 1. The van der Waals surface area contributed by atoms with Crippen LogP contribution in [0.1, 0.15) is 5.56 Å². The van der Waals surface area contributed by atoms with Crippen LogP contribution in [0.2, 0.25) is 0 Å². The molecule has 0 aliphatic carbocycles. The van der Waals surface area contributed by atoms with Crippen molar-refractivity contribution in [3.63, 3.8) is 0 Å². The molecule has 0 saturated heterocycles. The van der Waals surface area contributed by atoms with Crippen LogP contribution in [-0.2, 0) is 0 Å². The fourth-order valence-corrected chi connectivity index (χ4v) is 4.80. The zero-order chi connectivity index (χ0) is 14.7. The van der Waals surface area contributed by atoms with E-state index in [0.717, 1.165) is 5.69 Å². The zero-order valence-corrected chi connectivity index (χ0v) is 12.9. The molecule has 0 heterocycles. The average molecular weight is 291 g/mol. The second kappa shape index (κ2) is 6.11. The summed E-state index contributed by atoms with van der Waals surface area (Å²) < 4.78 is 0. The van der Waals surface area contributed by atoms with Crippen molar-refractivity contribution >= 4 is 29.5 Å². The Hall–Kier alpha value is -2.11. The molecule has 0 aliphatic rings. The van der Waals surface area contributed by atoms with Crippen molar-refractivity contribution in [3.05, 3.63) is 84.4 Å². The van der Waals surface area contributed by atoms with Crippen molar-refractivity contribution < 1.29 is 0 Å². The van der Waals surface area contributed by atoms with Crippen LogP contribution in [0.3, 0.4) is 0 Å². The maximum Gasteiger partial charge on any atom is 0.0401 e. The largest absolute Gasteiger partial charge is 0.398 e. The number of hydrogen-bond acceptors (Lipinski definition) is 1. The van der Waals surface area contributed by atoms with Crippen LogP contribution in [0.5, 0.6) is 0 Å². The zero-order valence-electron chi connectivity index (χ0n) is 12.0. The van der Waals surface area contributed by atoms with Crippen LogP contribution >= 0.6 is 7.92 Å². The van der Waals surface area contributed by atoms with E-state index in [4.69, 9.17) is 5.73 Å². The van der Waals surface area contributed by atoms with Gasteiger partial charge in [-0.1, -0.05) is 72.8 Å². The Kier molecular flexibility index (Phi) is 4.03. The standard InChI is InChI=1S/C19H18NP/c1-15-12-13-19(18(20)14-15)21(16-8-4-2-5-9-16)17-10-6-3-7-11-17/h2-14H,20H2,1H3. The third-order valence-corrected chi connectivity index (χ3v) is 5.97. The van der Waals surface area contributed by atoms with Gasteiger partial charge in [-0.15, -0.1) is 0 Å². The molecule has 0 amide bonds. The van der Waals surface area contributed by atoms with E-state index in [1.807, 2.05) is 0 Å². The maximum atomic E-state index is 6.31. The molecule has 0 radical (unpaired) electrons. The normalized spacial score (nSPS) is 10.8. The van der Waals surface area contributed by atoms with E-state index >= 15 is 0 Å². The molecule has 0 saturated carbocycles. The van der Waals surface area contributed by atoms with E-state index in [1.54, 1.807) is 0 Å². The molecule has 3 rings (SSSR count). The fourth-order valence-electron chi connectivity index (χ4n) is 2.46. The Morgan fingerprint density at radius 1 is 0.714 bits per heavy atom. The number of nitrogens with two attached hydrogens (primary N) is 1. The van der Waals surface area contributed by atoms with Gasteiger partial charge in [0, 0.05) is 11.0 Å². The molecule has 0 bridgehead atoms. The van der Waals surface area contributed by atoms with Gasteiger partial charge in [0.25, 0.3) is 0 Å². The molecule has 0 aliphatic heterocycles. The Morgan fingerprint density at radius 2 is 1.24 bits per heavy atom. The first-order valence-corrected chi connectivity index (χ1v) is 8.36. The fraction of sp³-hybridized carbons (Fsp3) is 0.0526. The van der Waals surface area contributed by atoms with Gasteiger partial charge < -0.3 is 5.73 Å². The topological polar surface area (TPSA) is 26.0 Å². The molecular weight excluding hydrogens is 273 g/mol. The first-order chi connectivity index (χ1) is 10.3. The van der Waals surface area contributed by atoms with E-state index in [9.17, 15) is 0 Å². The smallest absolute Gasteiger partial charge is 0.0401 e. The predicted molar refractivity (Wildman–Crippen MR) is 94.3 cm³/mol. The maximum absolute atomic E-state index is 6.31. The second-order valence-corrected chi connectivity index (χ2v) is 7.25. The number of anilines is 1. The van der Waals surface area contributed by atoms with Gasteiger partial charge >= 0.3 is 0 Å². The molecule has 3 aromatic rings. The van der Waals surface area contributed by atoms with Gasteiger partial charge in [0.05, 0.1) is 0 Å². The average Bonchev–Trinajstić information content (AvgIpc) is 2.52. The van der Waals surface area contributed by atoms with Crippen LogP contribution in [0, 0.1) is 6.92 Å². The Balaban J connectivity index is 2.17. The van der Waals surface area contributed by atoms with Crippen molar-refractivity contribution in [3.8, 4) is 0 Å². The lowest BCUT2D eigenvalue weighted by Gasteiger charge is -2.21. The highest BCUT2D eigenvalue weighted by atomic mass is 31.1. The molecule has 21 heavy (non-hydrogen) atoms. The Labute approximate surface area is 127 Å². The van der Waals surface area contributed by atoms with Crippen molar-refractivity contribution in [1.29, 1.82) is 0 Å². The first kappa shape index (κ1) is 13.9. The molecule has 1 nitrogen and oxygen atoms in total. The number of nitrogen functional groups attached to an aromatic ring is 1. The van der Waals surface area contributed by atoms with Gasteiger partial charge in [-0.2, -0.15) is 0 Å². The third kappa shape index (κ3) is 2.99. The van der Waals surface area contributed by atoms with E-state index in [0.29, 0.717) is 0 Å². The Morgan fingerprint density at radius 3 is 1.71 bits per heavy atom. The van der Waals surface area contributed by atoms with Crippen LogP contribution < -0.4 is 21.6 Å². The third-order valence-electron chi connectivity index (χ3n) is 3.45. The summed E-state index contributed by atoms with van der Waals surface area (Å²) in [6, 6.07) is 27.7. The van der Waals surface area contributed by atoms with E-state index < -0.39 is 7.92 Å². The van der Waals surface area contributed by atoms with Crippen LogP contribution in [0.4, 0.5) is 5.69 Å². The minimum absolute atomic E-state index is 0.604. The van der Waals surface area contributed by atoms with E-state index in [-0.39, 0.29) is 0 Å². The van der Waals surface area contributed by atoms with Gasteiger partial charge in [0.15, 0.2) is 0 Å². The number of hydrogen-bond donors (Lipinski definition) is 1. The summed E-state index contributed by atoms with van der Waals surface area (Å²) in [4.78, 5) is 0.